The van der Waals surface area contributed by atoms with Gasteiger partial charge in [-0.05, 0) is 38.5 Å². The van der Waals surface area contributed by atoms with E-state index in [0.29, 0.717) is 17.9 Å². The van der Waals surface area contributed by atoms with Crippen LogP contribution < -0.4 is 10.5 Å². The second kappa shape index (κ2) is 9.79. The minimum absolute atomic E-state index is 0.0117. The van der Waals surface area contributed by atoms with Crippen LogP contribution in [-0.2, 0) is 14.3 Å². The summed E-state index contributed by atoms with van der Waals surface area (Å²) in [6.07, 6.45) is 2.87. The second-order valence-corrected chi connectivity index (χ2v) is 6.35. The number of unbranched alkanes of at least 4 members (excludes halogenated alkanes) is 2. The van der Waals surface area contributed by atoms with Gasteiger partial charge in [-0.3, -0.25) is 0 Å². The van der Waals surface area contributed by atoms with Crippen LogP contribution in [0.1, 0.15) is 51.5 Å². The van der Waals surface area contributed by atoms with E-state index in [1.54, 1.807) is 13.8 Å². The Morgan fingerprint density at radius 2 is 2.11 bits per heavy atom. The Morgan fingerprint density at radius 1 is 1.36 bits per heavy atom. The van der Waals surface area contributed by atoms with Crippen molar-refractivity contribution in [2.75, 3.05) is 13.2 Å². The molecule has 0 bridgehead atoms. The minimum Gasteiger partial charge on any atom is -0.493 e. The molecule has 0 fully saturated rings. The number of hydrogen-bond donors (Lipinski definition) is 1. The Labute approximate surface area is 164 Å². The van der Waals surface area contributed by atoms with E-state index in [9.17, 15) is 14.4 Å². The fraction of sp³-hybridized carbons (Fsp3) is 0.429. The molecule has 0 radical (unpaired) electrons. The number of allylic oxidation sites excluding steroid dienone is 2. The summed E-state index contributed by atoms with van der Waals surface area (Å²) in [5.74, 6) is -1.62. The summed E-state index contributed by atoms with van der Waals surface area (Å²) in [5, 5.41) is 9.64. The maximum Gasteiger partial charge on any atom is 0.338 e. The fourth-order valence-corrected chi connectivity index (χ4v) is 3.08. The van der Waals surface area contributed by atoms with Crippen LogP contribution in [0, 0.1) is 17.1 Å². The highest BCUT2D eigenvalue weighted by Gasteiger charge is 2.38. The van der Waals surface area contributed by atoms with Gasteiger partial charge in [0.25, 0.3) is 0 Å². The van der Waals surface area contributed by atoms with Gasteiger partial charge in [0.1, 0.15) is 29.0 Å². The van der Waals surface area contributed by atoms with Gasteiger partial charge in [-0.1, -0.05) is 19.8 Å². The molecule has 0 amide bonds. The summed E-state index contributed by atoms with van der Waals surface area (Å²) < 4.78 is 30.5. The predicted octanol–water partition coefficient (Wildman–Crippen LogP) is 4.04. The maximum absolute atomic E-state index is 14.1. The topological polar surface area (TPSA) is 94.6 Å². The number of nitrogens with two attached hydrogens (primary N) is 1. The molecule has 1 atom stereocenters. The van der Waals surface area contributed by atoms with Crippen molar-refractivity contribution < 1.29 is 23.4 Å². The summed E-state index contributed by atoms with van der Waals surface area (Å²) in [7, 11) is 0. The molecule has 2 N–H and O–H groups in total. The van der Waals surface area contributed by atoms with Gasteiger partial charge in [0, 0.05) is 5.56 Å². The average molecular weight is 388 g/mol. The zero-order valence-electron chi connectivity index (χ0n) is 16.4. The van der Waals surface area contributed by atoms with E-state index in [0.717, 1.165) is 19.3 Å². The molecule has 150 valence electrons. The van der Waals surface area contributed by atoms with Crippen LogP contribution in [-0.4, -0.2) is 19.2 Å². The van der Waals surface area contributed by atoms with E-state index in [-0.39, 0.29) is 29.4 Å². The van der Waals surface area contributed by atoms with Gasteiger partial charge in [-0.25, -0.2) is 9.18 Å². The zero-order valence-corrected chi connectivity index (χ0v) is 16.4. The van der Waals surface area contributed by atoms with Crippen molar-refractivity contribution in [1.82, 2.24) is 0 Å². The standard InChI is InChI=1S/C21H25FN2O4/c1-4-6-7-10-27-17-9-8-14(22)11-15(17)19-16(12-23)20(24)28-13(3)18(19)21(25)26-5-2/h8-9,11,19H,4-7,10,24H2,1-3H3. The molecule has 0 saturated heterocycles. The minimum atomic E-state index is -0.935. The van der Waals surface area contributed by atoms with Crippen molar-refractivity contribution in [3.63, 3.8) is 0 Å². The molecule has 0 spiro atoms. The highest BCUT2D eigenvalue weighted by Crippen LogP contribution is 2.43. The molecule has 1 aromatic carbocycles. The maximum atomic E-state index is 14.1. The number of carbonyl (C=O) groups excluding carboxylic acids is 1. The number of nitriles is 1. The van der Waals surface area contributed by atoms with Crippen molar-refractivity contribution >= 4 is 5.97 Å². The summed E-state index contributed by atoms with van der Waals surface area (Å²) in [6.45, 7) is 5.89. The van der Waals surface area contributed by atoms with Crippen LogP contribution >= 0.6 is 0 Å². The van der Waals surface area contributed by atoms with Gasteiger partial charge in [0.15, 0.2) is 0 Å². The molecule has 1 heterocycles. The first-order chi connectivity index (χ1) is 13.4. The second-order valence-electron chi connectivity index (χ2n) is 6.35. The smallest absolute Gasteiger partial charge is 0.338 e. The molecule has 1 unspecified atom stereocenters. The Kier molecular flexibility index (Phi) is 7.44. The lowest BCUT2D eigenvalue weighted by Gasteiger charge is -2.28. The number of carbonyl (C=O) groups is 1. The Balaban J connectivity index is 2.56. The average Bonchev–Trinajstić information content (AvgIpc) is 2.65. The number of halogens is 1. The molecular formula is C21H25FN2O4. The number of nitrogens with zero attached hydrogens (tertiary/aromatic N) is 1. The van der Waals surface area contributed by atoms with Crippen molar-refractivity contribution in [3.8, 4) is 11.8 Å². The highest BCUT2D eigenvalue weighted by molar-refractivity contribution is 5.92. The van der Waals surface area contributed by atoms with Crippen LogP contribution in [0.25, 0.3) is 0 Å². The largest absolute Gasteiger partial charge is 0.493 e. The Bertz CT molecular complexity index is 839. The first kappa shape index (κ1) is 21.3. The third-order valence-corrected chi connectivity index (χ3v) is 4.39. The normalized spacial score (nSPS) is 16.5. The predicted molar refractivity (Wildman–Crippen MR) is 101 cm³/mol. The van der Waals surface area contributed by atoms with Gasteiger partial charge < -0.3 is 19.9 Å². The Morgan fingerprint density at radius 3 is 2.75 bits per heavy atom. The van der Waals surface area contributed by atoms with E-state index in [1.165, 1.54) is 18.2 Å². The summed E-state index contributed by atoms with van der Waals surface area (Å²) in [5.41, 5.74) is 6.34. The van der Waals surface area contributed by atoms with E-state index in [4.69, 9.17) is 19.9 Å². The first-order valence-corrected chi connectivity index (χ1v) is 9.32. The molecule has 0 aromatic heterocycles. The number of hydrogen-bond acceptors (Lipinski definition) is 6. The molecule has 0 saturated carbocycles. The number of benzene rings is 1. The lowest BCUT2D eigenvalue weighted by atomic mass is 9.82. The van der Waals surface area contributed by atoms with E-state index >= 15 is 0 Å². The lowest BCUT2D eigenvalue weighted by Crippen LogP contribution is -2.26. The van der Waals surface area contributed by atoms with Crippen LogP contribution in [0.4, 0.5) is 4.39 Å². The zero-order chi connectivity index (χ0) is 20.7. The summed E-state index contributed by atoms with van der Waals surface area (Å²) in [4.78, 5) is 12.6. The van der Waals surface area contributed by atoms with Crippen LogP contribution in [0.5, 0.6) is 5.75 Å². The van der Waals surface area contributed by atoms with Crippen molar-refractivity contribution in [2.24, 2.45) is 5.73 Å². The first-order valence-electron chi connectivity index (χ1n) is 9.32. The summed E-state index contributed by atoms with van der Waals surface area (Å²) >= 11 is 0. The van der Waals surface area contributed by atoms with E-state index < -0.39 is 17.7 Å². The van der Waals surface area contributed by atoms with Crippen LogP contribution in [0.3, 0.4) is 0 Å². The molecule has 6 nitrogen and oxygen atoms in total. The van der Waals surface area contributed by atoms with Crippen LogP contribution in [0.15, 0.2) is 41.0 Å². The van der Waals surface area contributed by atoms with Crippen molar-refractivity contribution in [3.05, 3.63) is 52.4 Å². The number of ether oxygens (including phenoxy) is 3. The molecule has 2 rings (SSSR count). The van der Waals surface area contributed by atoms with Crippen molar-refractivity contribution in [1.29, 1.82) is 5.26 Å². The molecule has 28 heavy (non-hydrogen) atoms. The van der Waals surface area contributed by atoms with Crippen molar-refractivity contribution in [2.45, 2.75) is 46.0 Å². The Hall–Kier alpha value is -3.01. The van der Waals surface area contributed by atoms with E-state index in [2.05, 4.69) is 6.92 Å². The number of rotatable bonds is 8. The number of esters is 1. The molecule has 1 aliphatic heterocycles. The third-order valence-electron chi connectivity index (χ3n) is 4.39. The summed E-state index contributed by atoms with van der Waals surface area (Å²) in [6, 6.07) is 6.01. The fourth-order valence-electron chi connectivity index (χ4n) is 3.08. The van der Waals surface area contributed by atoms with E-state index in [1.807, 2.05) is 6.07 Å². The van der Waals surface area contributed by atoms with Crippen LogP contribution in [0.2, 0.25) is 0 Å². The lowest BCUT2D eigenvalue weighted by molar-refractivity contribution is -0.139. The monoisotopic (exact) mass is 388 g/mol. The van der Waals surface area contributed by atoms with Gasteiger partial charge in [0.05, 0.1) is 24.7 Å². The molecule has 7 heteroatoms. The van der Waals surface area contributed by atoms with Gasteiger partial charge in [-0.15, -0.1) is 0 Å². The molecule has 1 aliphatic rings. The van der Waals surface area contributed by atoms with Gasteiger partial charge in [-0.2, -0.15) is 5.26 Å². The quantitative estimate of drug-likeness (QED) is 0.533. The molecule has 0 aliphatic carbocycles. The van der Waals surface area contributed by atoms with Gasteiger partial charge in [0.2, 0.25) is 5.88 Å². The highest BCUT2D eigenvalue weighted by atomic mass is 19.1. The molecular weight excluding hydrogens is 363 g/mol. The van der Waals surface area contributed by atoms with Gasteiger partial charge >= 0.3 is 5.97 Å². The SMILES string of the molecule is CCCCCOc1ccc(F)cc1C1C(C#N)=C(N)OC(C)=C1C(=O)OCC. The third kappa shape index (κ3) is 4.63. The molecule has 1 aromatic rings.